The van der Waals surface area contributed by atoms with E-state index < -0.39 is 0 Å². The first kappa shape index (κ1) is 16.7. The number of ether oxygens (including phenoxy) is 1. The molecular weight excluding hydrogens is 230 g/mol. The quantitative estimate of drug-likeness (QED) is 0.394. The Balaban J connectivity index is 3.74. The molecule has 106 valence electrons. The van der Waals surface area contributed by atoms with Crippen LogP contribution in [-0.2, 0) is 9.53 Å². The molecule has 0 radical (unpaired) electrons. The van der Waals surface area contributed by atoms with Crippen LogP contribution >= 0.6 is 0 Å². The van der Waals surface area contributed by atoms with Gasteiger partial charge in [-0.15, -0.1) is 0 Å². The van der Waals surface area contributed by atoms with Crippen molar-refractivity contribution in [2.24, 2.45) is 16.6 Å². The van der Waals surface area contributed by atoms with Crippen molar-refractivity contribution in [1.82, 2.24) is 5.32 Å². The van der Waals surface area contributed by atoms with Gasteiger partial charge >= 0.3 is 5.97 Å². The summed E-state index contributed by atoms with van der Waals surface area (Å²) >= 11 is 0. The lowest BCUT2D eigenvalue weighted by Gasteiger charge is -2.14. The van der Waals surface area contributed by atoms with E-state index in [-0.39, 0.29) is 12.4 Å². The Morgan fingerprint density at radius 3 is 2.56 bits per heavy atom. The van der Waals surface area contributed by atoms with E-state index >= 15 is 0 Å². The van der Waals surface area contributed by atoms with Gasteiger partial charge in [-0.05, 0) is 19.3 Å². The molecule has 5 nitrogen and oxygen atoms in total. The SMILES string of the molecule is COC(=O)CCN=C(N)NC(C)CCCC(C)C. The van der Waals surface area contributed by atoms with E-state index in [1.54, 1.807) is 0 Å². The molecule has 0 saturated carbocycles. The lowest BCUT2D eigenvalue weighted by atomic mass is 10.0. The van der Waals surface area contributed by atoms with Crippen LogP contribution in [0.5, 0.6) is 0 Å². The van der Waals surface area contributed by atoms with Crippen LogP contribution in [0.1, 0.15) is 46.5 Å². The van der Waals surface area contributed by atoms with Crippen LogP contribution in [0.15, 0.2) is 4.99 Å². The lowest BCUT2D eigenvalue weighted by molar-refractivity contribution is -0.140. The largest absolute Gasteiger partial charge is 0.469 e. The van der Waals surface area contributed by atoms with Gasteiger partial charge in [-0.1, -0.05) is 26.7 Å². The first-order chi connectivity index (χ1) is 8.45. The van der Waals surface area contributed by atoms with Crippen LogP contribution in [0.2, 0.25) is 0 Å². The summed E-state index contributed by atoms with van der Waals surface area (Å²) in [6, 6.07) is 0.311. The van der Waals surface area contributed by atoms with Gasteiger partial charge in [0, 0.05) is 6.04 Å². The standard InChI is InChI=1S/C13H27N3O2/c1-10(2)6-5-7-11(3)16-13(14)15-9-8-12(17)18-4/h10-11H,5-9H2,1-4H3,(H3,14,15,16). The summed E-state index contributed by atoms with van der Waals surface area (Å²) in [5.74, 6) is 0.871. The Bertz CT molecular complexity index is 265. The van der Waals surface area contributed by atoms with Crippen molar-refractivity contribution >= 4 is 11.9 Å². The molecule has 0 fully saturated rings. The minimum Gasteiger partial charge on any atom is -0.469 e. The molecule has 0 aromatic carbocycles. The van der Waals surface area contributed by atoms with Gasteiger partial charge in [-0.25, -0.2) is 0 Å². The van der Waals surface area contributed by atoms with Crippen LogP contribution in [-0.4, -0.2) is 31.6 Å². The third-order valence-electron chi connectivity index (χ3n) is 2.64. The average molecular weight is 257 g/mol. The highest BCUT2D eigenvalue weighted by Gasteiger charge is 2.04. The van der Waals surface area contributed by atoms with E-state index in [4.69, 9.17) is 5.73 Å². The Hall–Kier alpha value is -1.26. The van der Waals surface area contributed by atoms with E-state index in [2.05, 4.69) is 35.8 Å². The highest BCUT2D eigenvalue weighted by molar-refractivity contribution is 5.78. The number of nitrogens with zero attached hydrogens (tertiary/aromatic N) is 1. The number of carbonyl (C=O) groups excluding carboxylic acids is 1. The molecule has 0 aliphatic carbocycles. The van der Waals surface area contributed by atoms with Crippen molar-refractivity contribution < 1.29 is 9.53 Å². The number of guanidine groups is 1. The minimum absolute atomic E-state index is 0.264. The topological polar surface area (TPSA) is 76.7 Å². The molecule has 0 aliphatic rings. The fraction of sp³-hybridized carbons (Fsp3) is 0.846. The molecule has 0 amide bonds. The smallest absolute Gasteiger partial charge is 0.307 e. The third-order valence-corrected chi connectivity index (χ3v) is 2.64. The molecule has 0 spiro atoms. The fourth-order valence-corrected chi connectivity index (χ4v) is 1.57. The van der Waals surface area contributed by atoms with Crippen LogP contribution in [0.25, 0.3) is 0 Å². The zero-order valence-corrected chi connectivity index (χ0v) is 12.0. The predicted molar refractivity (Wildman–Crippen MR) is 74.4 cm³/mol. The predicted octanol–water partition coefficient (Wildman–Crippen LogP) is 1.67. The summed E-state index contributed by atoms with van der Waals surface area (Å²) in [6.07, 6.45) is 3.75. The summed E-state index contributed by atoms with van der Waals surface area (Å²) in [5.41, 5.74) is 5.72. The number of nitrogens with one attached hydrogen (secondary N) is 1. The molecule has 1 unspecified atom stereocenters. The number of esters is 1. The van der Waals surface area contributed by atoms with E-state index in [9.17, 15) is 4.79 Å². The van der Waals surface area contributed by atoms with E-state index in [1.165, 1.54) is 20.0 Å². The maximum atomic E-state index is 10.9. The maximum Gasteiger partial charge on any atom is 0.307 e. The summed E-state index contributed by atoms with van der Waals surface area (Å²) in [7, 11) is 1.37. The number of aliphatic imine (C=N–C) groups is 1. The summed E-state index contributed by atoms with van der Waals surface area (Å²) < 4.78 is 4.52. The van der Waals surface area contributed by atoms with Gasteiger partial charge in [0.15, 0.2) is 5.96 Å². The molecule has 0 aliphatic heterocycles. The Labute approximate surface area is 110 Å². The zero-order chi connectivity index (χ0) is 14.0. The number of nitrogens with two attached hydrogens (primary N) is 1. The van der Waals surface area contributed by atoms with Crippen LogP contribution in [0.4, 0.5) is 0 Å². The lowest BCUT2D eigenvalue weighted by Crippen LogP contribution is -2.38. The van der Waals surface area contributed by atoms with Gasteiger partial charge in [0.1, 0.15) is 0 Å². The Kier molecular flexibility index (Phi) is 9.06. The first-order valence-electron chi connectivity index (χ1n) is 6.59. The summed E-state index contributed by atoms with van der Waals surface area (Å²) in [4.78, 5) is 14.9. The van der Waals surface area contributed by atoms with Crippen molar-refractivity contribution in [3.8, 4) is 0 Å². The number of methoxy groups -OCH3 is 1. The van der Waals surface area contributed by atoms with Gasteiger partial charge in [0.05, 0.1) is 20.1 Å². The number of hydrogen-bond donors (Lipinski definition) is 2. The van der Waals surface area contributed by atoms with Gasteiger partial charge in [0.2, 0.25) is 0 Å². The molecular formula is C13H27N3O2. The Morgan fingerprint density at radius 2 is 2.00 bits per heavy atom. The molecule has 0 saturated heterocycles. The van der Waals surface area contributed by atoms with Crippen molar-refractivity contribution in [3.05, 3.63) is 0 Å². The van der Waals surface area contributed by atoms with Crippen molar-refractivity contribution in [2.75, 3.05) is 13.7 Å². The second kappa shape index (κ2) is 9.74. The van der Waals surface area contributed by atoms with Crippen LogP contribution in [0, 0.1) is 5.92 Å². The first-order valence-corrected chi connectivity index (χ1v) is 6.59. The second-order valence-corrected chi connectivity index (χ2v) is 4.96. The van der Waals surface area contributed by atoms with Gasteiger partial charge in [-0.2, -0.15) is 0 Å². The molecule has 1 atom stereocenters. The summed E-state index contributed by atoms with van der Waals surface area (Å²) in [6.45, 7) is 6.90. The van der Waals surface area contributed by atoms with E-state index in [0.29, 0.717) is 18.5 Å². The molecule has 5 heteroatoms. The monoisotopic (exact) mass is 257 g/mol. The molecule has 0 aromatic rings. The highest BCUT2D eigenvalue weighted by atomic mass is 16.5. The van der Waals surface area contributed by atoms with Gasteiger partial charge in [0.25, 0.3) is 0 Å². The number of hydrogen-bond acceptors (Lipinski definition) is 3. The van der Waals surface area contributed by atoms with Gasteiger partial charge < -0.3 is 15.8 Å². The zero-order valence-electron chi connectivity index (χ0n) is 12.0. The number of rotatable bonds is 8. The van der Waals surface area contributed by atoms with Crippen LogP contribution < -0.4 is 11.1 Å². The maximum absolute atomic E-state index is 10.9. The molecule has 3 N–H and O–H groups in total. The second-order valence-electron chi connectivity index (χ2n) is 4.96. The average Bonchev–Trinajstić information content (AvgIpc) is 2.28. The van der Waals surface area contributed by atoms with Gasteiger partial charge in [-0.3, -0.25) is 9.79 Å². The highest BCUT2D eigenvalue weighted by Crippen LogP contribution is 2.07. The summed E-state index contributed by atoms with van der Waals surface area (Å²) in [5, 5.41) is 3.12. The molecule has 18 heavy (non-hydrogen) atoms. The van der Waals surface area contributed by atoms with E-state index in [0.717, 1.165) is 12.3 Å². The molecule has 0 bridgehead atoms. The van der Waals surface area contributed by atoms with Crippen LogP contribution in [0.3, 0.4) is 0 Å². The Morgan fingerprint density at radius 1 is 1.33 bits per heavy atom. The molecule has 0 rings (SSSR count). The van der Waals surface area contributed by atoms with Crippen molar-refractivity contribution in [3.63, 3.8) is 0 Å². The fourth-order valence-electron chi connectivity index (χ4n) is 1.57. The van der Waals surface area contributed by atoms with E-state index in [1.807, 2.05) is 0 Å². The van der Waals surface area contributed by atoms with Crippen molar-refractivity contribution in [1.29, 1.82) is 0 Å². The van der Waals surface area contributed by atoms with Crippen molar-refractivity contribution in [2.45, 2.75) is 52.5 Å². The number of carbonyl (C=O) groups is 1. The molecule has 0 heterocycles. The third kappa shape index (κ3) is 9.93. The normalized spacial score (nSPS) is 13.5. The minimum atomic E-state index is -0.267. The molecule has 0 aromatic heterocycles.